The van der Waals surface area contributed by atoms with E-state index in [0.717, 1.165) is 32.8 Å². The zero-order valence-corrected chi connectivity index (χ0v) is 20.1. The summed E-state index contributed by atoms with van der Waals surface area (Å²) in [6.07, 6.45) is 1.73. The second-order valence-electron chi connectivity index (χ2n) is 7.67. The number of hydrogen-bond donors (Lipinski definition) is 0. The number of non-ortho nitro benzene ring substituents is 1. The van der Waals surface area contributed by atoms with E-state index < -0.39 is 4.92 Å². The number of nitrogens with zero attached hydrogens (tertiary/aromatic N) is 3. The zero-order valence-electron chi connectivity index (χ0n) is 19.2. The van der Waals surface area contributed by atoms with Gasteiger partial charge in [0.2, 0.25) is 5.13 Å². The standard InChI is InChI=1S/C26H23N3O4S/c1-16-5-11-21(17(2)13-16)24-25(19-7-9-20(10-8-19)29(30)31)34-26(28-24)27-15-18-6-12-22(32-3)23(14-18)33-4/h5-15H,1-4H3. The van der Waals surface area contributed by atoms with E-state index in [2.05, 4.69) is 17.1 Å². The van der Waals surface area contributed by atoms with Gasteiger partial charge in [0.1, 0.15) is 0 Å². The summed E-state index contributed by atoms with van der Waals surface area (Å²) >= 11 is 1.44. The molecule has 8 heteroatoms. The normalized spacial score (nSPS) is 11.1. The lowest BCUT2D eigenvalue weighted by molar-refractivity contribution is -0.384. The quantitative estimate of drug-likeness (QED) is 0.168. The van der Waals surface area contributed by atoms with Gasteiger partial charge in [0.25, 0.3) is 5.69 Å². The molecule has 1 aromatic heterocycles. The average molecular weight is 474 g/mol. The van der Waals surface area contributed by atoms with Crippen molar-refractivity contribution in [3.8, 4) is 33.2 Å². The van der Waals surface area contributed by atoms with Gasteiger partial charge < -0.3 is 9.47 Å². The molecule has 0 N–H and O–H groups in total. The number of thiazole rings is 1. The Kier molecular flexibility index (Phi) is 6.70. The fourth-order valence-corrected chi connectivity index (χ4v) is 4.55. The van der Waals surface area contributed by atoms with E-state index in [1.165, 1.54) is 29.0 Å². The Morgan fingerprint density at radius 3 is 2.35 bits per heavy atom. The van der Waals surface area contributed by atoms with Gasteiger partial charge in [-0.3, -0.25) is 10.1 Å². The maximum absolute atomic E-state index is 11.1. The summed E-state index contributed by atoms with van der Waals surface area (Å²) in [5.41, 5.74) is 5.82. The maximum atomic E-state index is 11.1. The van der Waals surface area contributed by atoms with E-state index in [9.17, 15) is 10.1 Å². The molecule has 0 aliphatic carbocycles. The van der Waals surface area contributed by atoms with Crippen LogP contribution < -0.4 is 9.47 Å². The summed E-state index contributed by atoms with van der Waals surface area (Å²) in [6, 6.07) is 18.3. The number of nitro groups is 1. The highest BCUT2D eigenvalue weighted by molar-refractivity contribution is 7.19. The Morgan fingerprint density at radius 1 is 0.971 bits per heavy atom. The Balaban J connectivity index is 1.77. The number of ether oxygens (including phenoxy) is 2. The Hall–Kier alpha value is -4.04. The summed E-state index contributed by atoms with van der Waals surface area (Å²) in [4.78, 5) is 21.0. The lowest BCUT2D eigenvalue weighted by Gasteiger charge is -2.07. The number of hydrogen-bond acceptors (Lipinski definition) is 7. The van der Waals surface area contributed by atoms with Gasteiger partial charge in [-0.2, -0.15) is 0 Å². The minimum Gasteiger partial charge on any atom is -0.493 e. The smallest absolute Gasteiger partial charge is 0.269 e. The van der Waals surface area contributed by atoms with Crippen LogP contribution in [0.1, 0.15) is 16.7 Å². The van der Waals surface area contributed by atoms with Crippen molar-refractivity contribution in [2.75, 3.05) is 14.2 Å². The lowest BCUT2D eigenvalue weighted by atomic mass is 10.0. The van der Waals surface area contributed by atoms with E-state index >= 15 is 0 Å². The van der Waals surface area contributed by atoms with Crippen LogP contribution in [0.5, 0.6) is 11.5 Å². The highest BCUT2D eigenvalue weighted by atomic mass is 32.1. The van der Waals surface area contributed by atoms with Gasteiger partial charge in [-0.25, -0.2) is 9.98 Å². The SMILES string of the molecule is COc1ccc(C=Nc2nc(-c3ccc(C)cc3C)c(-c3ccc([N+](=O)[O-])cc3)s2)cc1OC. The van der Waals surface area contributed by atoms with Crippen molar-refractivity contribution in [3.05, 3.63) is 87.5 Å². The van der Waals surface area contributed by atoms with E-state index in [0.29, 0.717) is 16.6 Å². The monoisotopic (exact) mass is 473 g/mol. The van der Waals surface area contributed by atoms with Crippen LogP contribution in [-0.4, -0.2) is 30.3 Å². The molecule has 0 atom stereocenters. The van der Waals surface area contributed by atoms with Crippen LogP contribution in [0.3, 0.4) is 0 Å². The summed E-state index contributed by atoms with van der Waals surface area (Å²) in [5.74, 6) is 1.26. The molecular weight excluding hydrogens is 450 g/mol. The number of benzene rings is 3. The molecule has 7 nitrogen and oxygen atoms in total. The predicted octanol–water partition coefficient (Wildman–Crippen LogP) is 6.77. The van der Waals surface area contributed by atoms with Crippen LogP contribution in [0.25, 0.3) is 21.7 Å². The first-order valence-corrected chi connectivity index (χ1v) is 11.3. The van der Waals surface area contributed by atoms with Crippen LogP contribution in [0, 0.1) is 24.0 Å². The minimum absolute atomic E-state index is 0.0491. The maximum Gasteiger partial charge on any atom is 0.269 e. The van der Waals surface area contributed by atoms with Gasteiger partial charge in [0, 0.05) is 23.9 Å². The highest BCUT2D eigenvalue weighted by Crippen LogP contribution is 2.41. The molecule has 172 valence electrons. The average Bonchev–Trinajstić information content (AvgIpc) is 3.26. The summed E-state index contributed by atoms with van der Waals surface area (Å²) < 4.78 is 10.7. The van der Waals surface area contributed by atoms with Crippen molar-refractivity contribution in [3.63, 3.8) is 0 Å². The minimum atomic E-state index is -0.402. The van der Waals surface area contributed by atoms with E-state index in [4.69, 9.17) is 14.5 Å². The van der Waals surface area contributed by atoms with Gasteiger partial charge in [-0.1, -0.05) is 35.1 Å². The van der Waals surface area contributed by atoms with Crippen molar-refractivity contribution in [2.24, 2.45) is 4.99 Å². The number of rotatable bonds is 7. The molecule has 3 aromatic carbocycles. The second kappa shape index (κ2) is 9.84. The molecule has 0 spiro atoms. The highest BCUT2D eigenvalue weighted by Gasteiger charge is 2.17. The number of aryl methyl sites for hydroxylation is 2. The molecule has 0 aliphatic heterocycles. The van der Waals surface area contributed by atoms with Crippen molar-refractivity contribution >= 4 is 28.4 Å². The van der Waals surface area contributed by atoms with E-state index in [1.54, 1.807) is 32.6 Å². The molecular formula is C26H23N3O4S. The second-order valence-corrected chi connectivity index (χ2v) is 8.65. The summed E-state index contributed by atoms with van der Waals surface area (Å²) in [5, 5.41) is 11.7. The fraction of sp³-hybridized carbons (Fsp3) is 0.154. The molecule has 0 saturated heterocycles. The van der Waals surface area contributed by atoms with E-state index in [1.807, 2.05) is 38.1 Å². The first-order valence-electron chi connectivity index (χ1n) is 10.5. The van der Waals surface area contributed by atoms with Crippen LogP contribution >= 0.6 is 11.3 Å². The molecule has 4 rings (SSSR count). The van der Waals surface area contributed by atoms with Crippen LogP contribution in [0.2, 0.25) is 0 Å². The number of methoxy groups -OCH3 is 2. The number of nitro benzene ring substituents is 1. The number of aliphatic imine (C=N–C) groups is 1. The lowest BCUT2D eigenvalue weighted by Crippen LogP contribution is -1.91. The van der Waals surface area contributed by atoms with Crippen molar-refractivity contribution in [1.29, 1.82) is 0 Å². The molecule has 1 heterocycles. The molecule has 0 unspecified atom stereocenters. The Bertz CT molecular complexity index is 1380. The topological polar surface area (TPSA) is 86.9 Å². The Morgan fingerprint density at radius 2 is 1.71 bits per heavy atom. The first-order chi connectivity index (χ1) is 16.4. The third kappa shape index (κ3) is 4.82. The van der Waals surface area contributed by atoms with Gasteiger partial charge in [0.05, 0.1) is 29.7 Å². The van der Waals surface area contributed by atoms with Gasteiger partial charge in [-0.05, 0) is 60.9 Å². The van der Waals surface area contributed by atoms with Crippen LogP contribution in [-0.2, 0) is 0 Å². The molecule has 0 amide bonds. The summed E-state index contributed by atoms with van der Waals surface area (Å²) in [6.45, 7) is 4.10. The van der Waals surface area contributed by atoms with Gasteiger partial charge >= 0.3 is 0 Å². The van der Waals surface area contributed by atoms with Gasteiger partial charge in [0.15, 0.2) is 11.5 Å². The Labute approximate surface area is 201 Å². The largest absolute Gasteiger partial charge is 0.493 e. The predicted molar refractivity (Wildman–Crippen MR) is 136 cm³/mol. The summed E-state index contributed by atoms with van der Waals surface area (Å²) in [7, 11) is 3.18. The third-order valence-corrected chi connectivity index (χ3v) is 6.34. The van der Waals surface area contributed by atoms with Crippen molar-refractivity contribution in [1.82, 2.24) is 4.98 Å². The fourth-order valence-electron chi connectivity index (χ4n) is 3.62. The molecule has 34 heavy (non-hydrogen) atoms. The van der Waals surface area contributed by atoms with Gasteiger partial charge in [-0.15, -0.1) is 0 Å². The first kappa shape index (κ1) is 23.1. The molecule has 0 aliphatic rings. The molecule has 0 saturated carbocycles. The van der Waals surface area contributed by atoms with Crippen molar-refractivity contribution < 1.29 is 14.4 Å². The molecule has 0 radical (unpaired) electrons. The molecule has 0 fully saturated rings. The van der Waals surface area contributed by atoms with Crippen molar-refractivity contribution in [2.45, 2.75) is 13.8 Å². The van der Waals surface area contributed by atoms with E-state index in [-0.39, 0.29) is 5.69 Å². The zero-order chi connectivity index (χ0) is 24.2. The van der Waals surface area contributed by atoms with Crippen LogP contribution in [0.15, 0.2) is 65.7 Å². The molecule has 0 bridgehead atoms. The molecule has 4 aromatic rings. The van der Waals surface area contributed by atoms with Crippen LogP contribution in [0.4, 0.5) is 10.8 Å². The number of aromatic nitrogens is 1. The third-order valence-electron chi connectivity index (χ3n) is 5.32.